The van der Waals surface area contributed by atoms with Gasteiger partial charge in [-0.1, -0.05) is 80.3 Å². The summed E-state index contributed by atoms with van der Waals surface area (Å²) in [6.45, 7) is 7.08. The van der Waals surface area contributed by atoms with E-state index in [2.05, 4.69) is 98.5 Å². The highest BCUT2D eigenvalue weighted by Crippen LogP contribution is 2.39. The molecule has 5 aromatic rings. The highest BCUT2D eigenvalue weighted by atomic mass is 28.3. The van der Waals surface area contributed by atoms with Gasteiger partial charge in [0.15, 0.2) is 0 Å². The van der Waals surface area contributed by atoms with Gasteiger partial charge in [-0.3, -0.25) is 0 Å². The monoisotopic (exact) mass is 366 g/mol. The van der Waals surface area contributed by atoms with Crippen LogP contribution in [0.3, 0.4) is 0 Å². The second kappa shape index (κ2) is 5.83. The van der Waals surface area contributed by atoms with Gasteiger partial charge in [0.2, 0.25) is 0 Å². The summed E-state index contributed by atoms with van der Waals surface area (Å²) in [4.78, 5) is 0. The fourth-order valence-electron chi connectivity index (χ4n) is 4.09. The van der Waals surface area contributed by atoms with E-state index in [1.54, 1.807) is 0 Å². The third-order valence-corrected chi connectivity index (χ3v) is 7.43. The molecule has 1 nitrogen and oxygen atoms in total. The van der Waals surface area contributed by atoms with Gasteiger partial charge < -0.3 is 4.74 Å². The van der Waals surface area contributed by atoms with E-state index in [1.165, 1.54) is 37.5 Å². The zero-order valence-electron chi connectivity index (χ0n) is 15.9. The van der Waals surface area contributed by atoms with Gasteiger partial charge >= 0.3 is 0 Å². The van der Waals surface area contributed by atoms with Crippen LogP contribution < -0.4 is 9.92 Å². The predicted molar refractivity (Wildman–Crippen MR) is 120 cm³/mol. The summed E-state index contributed by atoms with van der Waals surface area (Å²) >= 11 is 0. The number of rotatable bonds is 3. The van der Waals surface area contributed by atoms with Gasteiger partial charge in [-0.25, -0.2) is 0 Å². The Morgan fingerprint density at radius 2 is 1.19 bits per heavy atom. The fraction of sp³-hybridized carbons (Fsp3) is 0.120. The maximum Gasteiger partial charge on any atom is 0.135 e. The molecule has 0 aliphatic rings. The summed E-state index contributed by atoms with van der Waals surface area (Å²) in [5.74, 6) is 1.93. The van der Waals surface area contributed by atoms with Crippen molar-refractivity contribution >= 4 is 45.6 Å². The van der Waals surface area contributed by atoms with E-state index in [9.17, 15) is 0 Å². The number of benzene rings is 5. The van der Waals surface area contributed by atoms with Crippen molar-refractivity contribution in [3.63, 3.8) is 0 Å². The normalized spacial score (nSPS) is 12.3. The quantitative estimate of drug-likeness (QED) is 0.249. The minimum absolute atomic E-state index is 0.937. The minimum atomic E-state index is -1.49. The van der Waals surface area contributed by atoms with Gasteiger partial charge in [0.05, 0.1) is 8.07 Å². The lowest BCUT2D eigenvalue weighted by atomic mass is 9.94. The molecule has 0 heterocycles. The van der Waals surface area contributed by atoms with Crippen molar-refractivity contribution in [3.8, 4) is 11.5 Å². The smallest absolute Gasteiger partial charge is 0.135 e. The summed E-state index contributed by atoms with van der Waals surface area (Å²) in [5, 5.41) is 9.00. The maximum absolute atomic E-state index is 6.53. The van der Waals surface area contributed by atoms with Gasteiger partial charge in [0.1, 0.15) is 11.5 Å². The maximum atomic E-state index is 6.53. The molecule has 0 atom stereocenters. The van der Waals surface area contributed by atoms with Gasteiger partial charge in [-0.05, 0) is 44.9 Å². The van der Waals surface area contributed by atoms with Crippen LogP contribution >= 0.6 is 0 Å². The highest BCUT2D eigenvalue weighted by Gasteiger charge is 2.21. The fourth-order valence-corrected chi connectivity index (χ4v) is 5.56. The Morgan fingerprint density at radius 3 is 1.93 bits per heavy atom. The summed E-state index contributed by atoms with van der Waals surface area (Å²) < 4.78 is 6.53. The van der Waals surface area contributed by atoms with Crippen LogP contribution in [0.1, 0.15) is 0 Å². The van der Waals surface area contributed by atoms with E-state index >= 15 is 0 Å². The molecule has 0 aliphatic carbocycles. The van der Waals surface area contributed by atoms with Gasteiger partial charge in [0.25, 0.3) is 0 Å². The lowest BCUT2D eigenvalue weighted by molar-refractivity contribution is 0.492. The summed E-state index contributed by atoms with van der Waals surface area (Å²) in [5.41, 5.74) is 0. The zero-order chi connectivity index (χ0) is 18.6. The average Bonchev–Trinajstić information content (AvgIpc) is 2.67. The SMILES string of the molecule is C[Si](C)(C)c1ccccc1Oc1ccc2ccc3cccc4ccc1c2c34. The van der Waals surface area contributed by atoms with E-state index in [4.69, 9.17) is 4.74 Å². The predicted octanol–water partition coefficient (Wildman–Crippen LogP) is 6.92. The van der Waals surface area contributed by atoms with Crippen LogP contribution in [-0.4, -0.2) is 8.07 Å². The van der Waals surface area contributed by atoms with Crippen molar-refractivity contribution in [2.24, 2.45) is 0 Å². The summed E-state index contributed by atoms with van der Waals surface area (Å²) in [6, 6.07) is 28.1. The Labute approximate surface area is 160 Å². The molecule has 5 rings (SSSR count). The first-order valence-electron chi connectivity index (χ1n) is 9.46. The Morgan fingerprint density at radius 1 is 0.556 bits per heavy atom. The second-order valence-corrected chi connectivity index (χ2v) is 13.3. The molecule has 132 valence electrons. The zero-order valence-corrected chi connectivity index (χ0v) is 16.9. The third kappa shape index (κ3) is 2.60. The van der Waals surface area contributed by atoms with Crippen LogP contribution in [0.5, 0.6) is 11.5 Å². The molecule has 27 heavy (non-hydrogen) atoms. The Hall–Kier alpha value is -2.84. The molecule has 0 bridgehead atoms. The average molecular weight is 367 g/mol. The molecule has 0 N–H and O–H groups in total. The largest absolute Gasteiger partial charge is 0.457 e. The molecule has 0 amide bonds. The number of ether oxygens (including phenoxy) is 1. The highest BCUT2D eigenvalue weighted by molar-refractivity contribution is 6.89. The lowest BCUT2D eigenvalue weighted by Crippen LogP contribution is -2.38. The first-order valence-corrected chi connectivity index (χ1v) is 13.0. The molecule has 2 heteroatoms. The van der Waals surface area contributed by atoms with Crippen LogP contribution in [-0.2, 0) is 0 Å². The molecule has 0 aliphatic heterocycles. The van der Waals surface area contributed by atoms with E-state index in [1.807, 2.05) is 0 Å². The first kappa shape index (κ1) is 16.3. The molecule has 0 aromatic heterocycles. The van der Waals surface area contributed by atoms with Gasteiger partial charge in [-0.15, -0.1) is 0 Å². The van der Waals surface area contributed by atoms with Crippen molar-refractivity contribution in [3.05, 3.63) is 78.9 Å². The third-order valence-electron chi connectivity index (χ3n) is 5.40. The Balaban J connectivity index is 1.76. The van der Waals surface area contributed by atoms with Crippen molar-refractivity contribution in [2.75, 3.05) is 0 Å². The molecule has 0 spiro atoms. The number of para-hydroxylation sites is 1. The minimum Gasteiger partial charge on any atom is -0.457 e. The van der Waals surface area contributed by atoms with Crippen molar-refractivity contribution in [1.82, 2.24) is 0 Å². The summed E-state index contributed by atoms with van der Waals surface area (Å²) in [6.07, 6.45) is 0. The number of hydrogen-bond acceptors (Lipinski definition) is 1. The van der Waals surface area contributed by atoms with Crippen LogP contribution in [0, 0.1) is 0 Å². The Bertz CT molecular complexity index is 1260. The lowest BCUT2D eigenvalue weighted by Gasteiger charge is -2.21. The van der Waals surface area contributed by atoms with Crippen LogP contribution in [0.2, 0.25) is 19.6 Å². The molecule has 0 radical (unpaired) electrons. The van der Waals surface area contributed by atoms with E-state index < -0.39 is 8.07 Å². The van der Waals surface area contributed by atoms with Crippen LogP contribution in [0.25, 0.3) is 32.3 Å². The van der Waals surface area contributed by atoms with Gasteiger partial charge in [0, 0.05) is 10.8 Å². The molecule has 0 saturated carbocycles. The molecule has 0 saturated heterocycles. The topological polar surface area (TPSA) is 9.23 Å². The first-order chi connectivity index (χ1) is 13.0. The molecule has 5 aromatic carbocycles. The van der Waals surface area contributed by atoms with Gasteiger partial charge in [-0.2, -0.15) is 0 Å². The molecule has 0 unspecified atom stereocenters. The van der Waals surface area contributed by atoms with E-state index in [-0.39, 0.29) is 0 Å². The number of hydrogen-bond donors (Lipinski definition) is 0. The van der Waals surface area contributed by atoms with E-state index in [0.29, 0.717) is 0 Å². The van der Waals surface area contributed by atoms with Crippen molar-refractivity contribution in [2.45, 2.75) is 19.6 Å². The summed E-state index contributed by atoms with van der Waals surface area (Å²) in [7, 11) is -1.49. The van der Waals surface area contributed by atoms with Crippen molar-refractivity contribution in [1.29, 1.82) is 0 Å². The Kier molecular flexibility index (Phi) is 3.53. The van der Waals surface area contributed by atoms with Crippen LogP contribution in [0.4, 0.5) is 0 Å². The molecule has 0 fully saturated rings. The molecular weight excluding hydrogens is 344 g/mol. The van der Waals surface area contributed by atoms with Crippen molar-refractivity contribution < 1.29 is 4.74 Å². The van der Waals surface area contributed by atoms with Crippen LogP contribution in [0.15, 0.2) is 78.9 Å². The second-order valence-electron chi connectivity index (χ2n) is 8.27. The van der Waals surface area contributed by atoms with E-state index in [0.717, 1.165) is 11.5 Å². The molecular formula is C25H22OSi. The standard InChI is InChI=1S/C25H22OSi/c1-27(2,3)23-10-5-4-9-22(23)26-21-16-14-19-12-11-17-7-6-8-18-13-15-20(21)25(19)24(17)18/h4-16H,1-3H3.